The summed E-state index contributed by atoms with van der Waals surface area (Å²) in [5.41, 5.74) is 3.10. The van der Waals surface area contributed by atoms with Gasteiger partial charge in [-0.3, -0.25) is 4.79 Å². The van der Waals surface area contributed by atoms with Crippen LogP contribution in [0.1, 0.15) is 28.8 Å². The number of rotatable bonds is 3. The minimum atomic E-state index is 0.0486. The highest BCUT2D eigenvalue weighted by molar-refractivity contribution is 5.97. The van der Waals surface area contributed by atoms with E-state index < -0.39 is 0 Å². The van der Waals surface area contributed by atoms with Crippen LogP contribution in [0.2, 0.25) is 0 Å². The second kappa shape index (κ2) is 5.61. The van der Waals surface area contributed by atoms with Crippen molar-refractivity contribution >= 4 is 11.6 Å². The van der Waals surface area contributed by atoms with E-state index in [4.69, 9.17) is 4.74 Å². The zero-order valence-corrected chi connectivity index (χ0v) is 11.1. The highest BCUT2D eigenvalue weighted by atomic mass is 16.5. The minimum Gasteiger partial charge on any atom is -0.385 e. The van der Waals surface area contributed by atoms with E-state index in [2.05, 4.69) is 16.7 Å². The van der Waals surface area contributed by atoms with Gasteiger partial charge < -0.3 is 15.4 Å². The van der Waals surface area contributed by atoms with Gasteiger partial charge in [0, 0.05) is 36.9 Å². The minimum absolute atomic E-state index is 0.0486. The van der Waals surface area contributed by atoms with Crippen LogP contribution in [0.15, 0.2) is 18.2 Å². The first-order valence-corrected chi connectivity index (χ1v) is 7.06. The Hall–Kier alpha value is -1.55. The number of fused-ring (bicyclic) bond motifs is 1. The first kappa shape index (κ1) is 12.5. The van der Waals surface area contributed by atoms with E-state index in [0.29, 0.717) is 5.92 Å². The number of hydrogen-bond acceptors (Lipinski definition) is 3. The zero-order valence-electron chi connectivity index (χ0n) is 11.1. The Morgan fingerprint density at radius 1 is 1.47 bits per heavy atom. The molecule has 1 aromatic rings. The summed E-state index contributed by atoms with van der Waals surface area (Å²) in [6.45, 7) is 3.31. The van der Waals surface area contributed by atoms with E-state index >= 15 is 0 Å². The van der Waals surface area contributed by atoms with Crippen LogP contribution in [-0.2, 0) is 11.2 Å². The zero-order chi connectivity index (χ0) is 13.1. The molecule has 0 saturated carbocycles. The molecule has 0 aliphatic carbocycles. The summed E-state index contributed by atoms with van der Waals surface area (Å²) in [5, 5.41) is 6.40. The Kier molecular flexibility index (Phi) is 3.69. The lowest BCUT2D eigenvalue weighted by atomic mass is 9.97. The van der Waals surface area contributed by atoms with Crippen LogP contribution in [0, 0.1) is 5.92 Å². The standard InChI is InChI=1S/C15H20N2O2/c18-15(17-9-11-6-8-19-10-11)13-3-1-5-14-12(13)4-2-7-16-14/h1,3,5,11,16H,2,4,6-10H2,(H,17,18). The average Bonchev–Trinajstić information content (AvgIpc) is 2.97. The lowest BCUT2D eigenvalue weighted by Gasteiger charge is -2.20. The molecule has 1 saturated heterocycles. The third kappa shape index (κ3) is 2.73. The summed E-state index contributed by atoms with van der Waals surface area (Å²) in [4.78, 5) is 12.3. The summed E-state index contributed by atoms with van der Waals surface area (Å²) in [6, 6.07) is 5.92. The maximum atomic E-state index is 12.3. The Bertz CT molecular complexity index is 467. The summed E-state index contributed by atoms with van der Waals surface area (Å²) in [6.07, 6.45) is 3.13. The van der Waals surface area contributed by atoms with Crippen molar-refractivity contribution in [3.63, 3.8) is 0 Å². The molecule has 2 N–H and O–H groups in total. The molecule has 4 nitrogen and oxygen atoms in total. The fraction of sp³-hybridized carbons (Fsp3) is 0.533. The Labute approximate surface area is 113 Å². The Morgan fingerprint density at radius 3 is 3.26 bits per heavy atom. The first-order chi connectivity index (χ1) is 9.34. The Morgan fingerprint density at radius 2 is 2.42 bits per heavy atom. The van der Waals surface area contributed by atoms with Crippen LogP contribution < -0.4 is 10.6 Å². The molecule has 1 aromatic carbocycles. The van der Waals surface area contributed by atoms with Gasteiger partial charge in [0.15, 0.2) is 0 Å². The van der Waals surface area contributed by atoms with Gasteiger partial charge in [0.1, 0.15) is 0 Å². The topological polar surface area (TPSA) is 50.4 Å². The highest BCUT2D eigenvalue weighted by Crippen LogP contribution is 2.25. The number of ether oxygens (including phenoxy) is 1. The maximum Gasteiger partial charge on any atom is 0.251 e. The van der Waals surface area contributed by atoms with E-state index in [9.17, 15) is 4.79 Å². The smallest absolute Gasteiger partial charge is 0.251 e. The van der Waals surface area contributed by atoms with E-state index in [0.717, 1.165) is 62.4 Å². The van der Waals surface area contributed by atoms with E-state index in [1.54, 1.807) is 0 Å². The van der Waals surface area contributed by atoms with Crippen LogP contribution in [0.25, 0.3) is 0 Å². The molecule has 2 aliphatic heterocycles. The summed E-state index contributed by atoms with van der Waals surface area (Å²) in [7, 11) is 0. The van der Waals surface area contributed by atoms with Gasteiger partial charge in [0.25, 0.3) is 5.91 Å². The third-order valence-electron chi connectivity index (χ3n) is 3.91. The van der Waals surface area contributed by atoms with Crippen molar-refractivity contribution in [2.75, 3.05) is 31.6 Å². The van der Waals surface area contributed by atoms with Gasteiger partial charge in [-0.1, -0.05) is 6.07 Å². The average molecular weight is 260 g/mol. The molecule has 19 heavy (non-hydrogen) atoms. The Balaban J connectivity index is 1.68. The summed E-state index contributed by atoms with van der Waals surface area (Å²) in [5.74, 6) is 0.522. The number of amides is 1. The van der Waals surface area contributed by atoms with E-state index in [1.807, 2.05) is 12.1 Å². The molecule has 102 valence electrons. The number of carbonyl (C=O) groups excluding carboxylic acids is 1. The van der Waals surface area contributed by atoms with Crippen molar-refractivity contribution in [2.24, 2.45) is 5.92 Å². The molecular weight excluding hydrogens is 240 g/mol. The monoisotopic (exact) mass is 260 g/mol. The predicted molar refractivity (Wildman–Crippen MR) is 74.5 cm³/mol. The lowest BCUT2D eigenvalue weighted by molar-refractivity contribution is 0.0944. The number of benzene rings is 1. The van der Waals surface area contributed by atoms with E-state index in [1.165, 1.54) is 0 Å². The molecule has 0 spiro atoms. The van der Waals surface area contributed by atoms with Gasteiger partial charge >= 0.3 is 0 Å². The third-order valence-corrected chi connectivity index (χ3v) is 3.91. The molecule has 2 heterocycles. The molecule has 1 fully saturated rings. The highest BCUT2D eigenvalue weighted by Gasteiger charge is 2.20. The summed E-state index contributed by atoms with van der Waals surface area (Å²) >= 11 is 0. The van der Waals surface area contributed by atoms with Gasteiger partial charge in [0.05, 0.1) is 6.61 Å². The molecule has 0 radical (unpaired) electrons. The van der Waals surface area contributed by atoms with Gasteiger partial charge in [0.2, 0.25) is 0 Å². The van der Waals surface area contributed by atoms with Gasteiger partial charge in [-0.25, -0.2) is 0 Å². The van der Waals surface area contributed by atoms with Crippen LogP contribution >= 0.6 is 0 Å². The number of hydrogen-bond donors (Lipinski definition) is 2. The van der Waals surface area contributed by atoms with E-state index in [-0.39, 0.29) is 5.91 Å². The molecule has 0 aromatic heterocycles. The maximum absolute atomic E-state index is 12.3. The normalized spacial score (nSPS) is 21.6. The molecule has 1 amide bonds. The number of nitrogens with one attached hydrogen (secondary N) is 2. The van der Waals surface area contributed by atoms with Gasteiger partial charge in [-0.15, -0.1) is 0 Å². The second-order valence-corrected chi connectivity index (χ2v) is 5.30. The quantitative estimate of drug-likeness (QED) is 0.871. The lowest BCUT2D eigenvalue weighted by Crippen LogP contribution is -2.30. The van der Waals surface area contributed by atoms with Crippen molar-refractivity contribution < 1.29 is 9.53 Å². The van der Waals surface area contributed by atoms with Crippen molar-refractivity contribution in [1.29, 1.82) is 0 Å². The van der Waals surface area contributed by atoms with Gasteiger partial charge in [-0.2, -0.15) is 0 Å². The van der Waals surface area contributed by atoms with Crippen LogP contribution in [0.5, 0.6) is 0 Å². The molecular formula is C15H20N2O2. The SMILES string of the molecule is O=C(NCC1CCOC1)c1cccc2c1CCCN2. The molecule has 1 unspecified atom stereocenters. The van der Waals surface area contributed by atoms with Crippen molar-refractivity contribution in [3.8, 4) is 0 Å². The largest absolute Gasteiger partial charge is 0.385 e. The molecule has 4 heteroatoms. The predicted octanol–water partition coefficient (Wildman–Crippen LogP) is 1.81. The summed E-state index contributed by atoms with van der Waals surface area (Å²) < 4.78 is 5.32. The molecule has 1 atom stereocenters. The fourth-order valence-electron chi connectivity index (χ4n) is 2.80. The van der Waals surface area contributed by atoms with Crippen molar-refractivity contribution in [3.05, 3.63) is 29.3 Å². The second-order valence-electron chi connectivity index (χ2n) is 5.30. The number of carbonyl (C=O) groups is 1. The molecule has 0 bridgehead atoms. The van der Waals surface area contributed by atoms with Crippen molar-refractivity contribution in [2.45, 2.75) is 19.3 Å². The fourth-order valence-corrected chi connectivity index (χ4v) is 2.80. The van der Waals surface area contributed by atoms with Crippen LogP contribution in [-0.4, -0.2) is 32.2 Å². The number of anilines is 1. The van der Waals surface area contributed by atoms with Crippen molar-refractivity contribution in [1.82, 2.24) is 5.32 Å². The molecule has 2 aliphatic rings. The van der Waals surface area contributed by atoms with Crippen LogP contribution in [0.4, 0.5) is 5.69 Å². The molecule has 3 rings (SSSR count). The van der Waals surface area contributed by atoms with Crippen LogP contribution in [0.3, 0.4) is 0 Å². The van der Waals surface area contributed by atoms with Gasteiger partial charge in [-0.05, 0) is 37.0 Å². The first-order valence-electron chi connectivity index (χ1n) is 7.06.